The lowest BCUT2D eigenvalue weighted by Gasteiger charge is -2.00. The molecule has 0 atom stereocenters. The summed E-state index contributed by atoms with van der Waals surface area (Å²) >= 11 is 0. The number of rotatable bonds is 1. The highest BCUT2D eigenvalue weighted by Gasteiger charge is 2.15. The van der Waals surface area contributed by atoms with Gasteiger partial charge in [-0.2, -0.15) is 0 Å². The van der Waals surface area contributed by atoms with Crippen LogP contribution in [0, 0.1) is 0 Å². The van der Waals surface area contributed by atoms with Crippen LogP contribution in [0.25, 0.3) is 5.57 Å². The normalized spacial score (nSPS) is 17.0. The first-order chi connectivity index (χ1) is 5.88. The van der Waals surface area contributed by atoms with E-state index in [4.69, 9.17) is 0 Å². The number of aromatic nitrogens is 1. The first-order valence-corrected chi connectivity index (χ1v) is 4.20. The maximum atomic E-state index is 9.48. The van der Waals surface area contributed by atoms with Gasteiger partial charge in [0.15, 0.2) is 0 Å². The van der Waals surface area contributed by atoms with Gasteiger partial charge < -0.3 is 5.11 Å². The molecule has 1 aromatic heterocycles. The lowest BCUT2D eigenvalue weighted by Crippen LogP contribution is -1.87. The topological polar surface area (TPSA) is 33.1 Å². The molecule has 0 bridgehead atoms. The molecule has 1 heterocycles. The first-order valence-electron chi connectivity index (χ1n) is 4.20. The fourth-order valence-electron chi connectivity index (χ4n) is 1.54. The Morgan fingerprint density at radius 1 is 1.25 bits per heavy atom. The average molecular weight is 161 g/mol. The zero-order valence-electron chi connectivity index (χ0n) is 6.83. The van der Waals surface area contributed by atoms with Crippen molar-refractivity contribution < 1.29 is 5.11 Å². The van der Waals surface area contributed by atoms with Crippen LogP contribution >= 0.6 is 0 Å². The second kappa shape index (κ2) is 2.97. The number of hydrogen-bond acceptors (Lipinski definition) is 2. The van der Waals surface area contributed by atoms with Gasteiger partial charge in [-0.05, 0) is 25.0 Å². The molecule has 62 valence electrons. The van der Waals surface area contributed by atoms with Crippen molar-refractivity contribution in [1.82, 2.24) is 4.98 Å². The molecule has 2 nitrogen and oxygen atoms in total. The molecule has 0 amide bonds. The van der Waals surface area contributed by atoms with Crippen molar-refractivity contribution in [3.05, 3.63) is 35.8 Å². The highest BCUT2D eigenvalue weighted by Crippen LogP contribution is 2.30. The van der Waals surface area contributed by atoms with E-state index < -0.39 is 0 Å². The van der Waals surface area contributed by atoms with Crippen molar-refractivity contribution in [2.75, 3.05) is 0 Å². The quantitative estimate of drug-likeness (QED) is 0.686. The summed E-state index contributed by atoms with van der Waals surface area (Å²) < 4.78 is 0. The van der Waals surface area contributed by atoms with Gasteiger partial charge in [-0.3, -0.25) is 4.98 Å². The molecule has 0 spiro atoms. The molecule has 0 unspecified atom stereocenters. The third kappa shape index (κ3) is 1.20. The smallest absolute Gasteiger partial charge is 0.0976 e. The molecule has 0 saturated carbocycles. The van der Waals surface area contributed by atoms with Gasteiger partial charge in [0.05, 0.1) is 11.5 Å². The summed E-state index contributed by atoms with van der Waals surface area (Å²) in [6.07, 6.45) is 4.58. The minimum Gasteiger partial charge on any atom is -0.512 e. The van der Waals surface area contributed by atoms with Crippen LogP contribution in [0.1, 0.15) is 25.0 Å². The van der Waals surface area contributed by atoms with E-state index in [2.05, 4.69) is 4.98 Å². The number of aliphatic hydroxyl groups excluding tert-OH is 1. The van der Waals surface area contributed by atoms with Crippen molar-refractivity contribution in [3.8, 4) is 0 Å². The van der Waals surface area contributed by atoms with E-state index in [0.717, 1.165) is 30.5 Å². The molecule has 1 N–H and O–H groups in total. The van der Waals surface area contributed by atoms with Crippen LogP contribution in [0.4, 0.5) is 0 Å². The van der Waals surface area contributed by atoms with Crippen LogP contribution in [-0.4, -0.2) is 10.1 Å². The second-order valence-corrected chi connectivity index (χ2v) is 2.99. The number of nitrogens with zero attached hydrogens (tertiary/aromatic N) is 1. The first kappa shape index (κ1) is 7.35. The standard InChI is InChI=1S/C10H11NO/c12-10-6-3-4-8(10)9-5-1-2-7-11-9/h1-2,5,7,12H,3-4,6H2. The van der Waals surface area contributed by atoms with Crippen LogP contribution < -0.4 is 0 Å². The van der Waals surface area contributed by atoms with Crippen molar-refractivity contribution in [2.24, 2.45) is 0 Å². The fourth-order valence-corrected chi connectivity index (χ4v) is 1.54. The Labute approximate surface area is 71.6 Å². The van der Waals surface area contributed by atoms with Crippen LogP contribution in [0.15, 0.2) is 30.2 Å². The second-order valence-electron chi connectivity index (χ2n) is 2.99. The van der Waals surface area contributed by atoms with E-state index in [1.54, 1.807) is 6.20 Å². The SMILES string of the molecule is OC1=C(c2ccccn2)CCC1. The summed E-state index contributed by atoms with van der Waals surface area (Å²) in [6, 6.07) is 5.77. The Kier molecular flexibility index (Phi) is 1.82. The highest BCUT2D eigenvalue weighted by molar-refractivity contribution is 5.66. The summed E-state index contributed by atoms with van der Waals surface area (Å²) in [4.78, 5) is 4.19. The number of allylic oxidation sites excluding steroid dienone is 2. The minimum absolute atomic E-state index is 0.522. The molecule has 1 aliphatic rings. The van der Waals surface area contributed by atoms with Gasteiger partial charge in [-0.1, -0.05) is 6.07 Å². The van der Waals surface area contributed by atoms with Gasteiger partial charge in [0, 0.05) is 18.2 Å². The fraction of sp³-hybridized carbons (Fsp3) is 0.300. The van der Waals surface area contributed by atoms with Crippen LogP contribution in [0.3, 0.4) is 0 Å². The van der Waals surface area contributed by atoms with Crippen molar-refractivity contribution >= 4 is 5.57 Å². The van der Waals surface area contributed by atoms with Crippen molar-refractivity contribution in [1.29, 1.82) is 0 Å². The van der Waals surface area contributed by atoms with E-state index in [9.17, 15) is 5.11 Å². The third-order valence-electron chi connectivity index (χ3n) is 2.16. The number of aliphatic hydroxyl groups is 1. The van der Waals surface area contributed by atoms with E-state index in [0.29, 0.717) is 5.76 Å². The van der Waals surface area contributed by atoms with Gasteiger partial charge in [0.1, 0.15) is 0 Å². The maximum absolute atomic E-state index is 9.48. The minimum atomic E-state index is 0.522. The maximum Gasteiger partial charge on any atom is 0.0976 e. The van der Waals surface area contributed by atoms with Crippen LogP contribution in [-0.2, 0) is 0 Å². The van der Waals surface area contributed by atoms with Crippen LogP contribution in [0.2, 0.25) is 0 Å². The lowest BCUT2D eigenvalue weighted by atomic mass is 10.1. The van der Waals surface area contributed by atoms with Crippen molar-refractivity contribution in [2.45, 2.75) is 19.3 Å². The molecule has 0 fully saturated rings. The Bertz CT molecular complexity index is 303. The van der Waals surface area contributed by atoms with Gasteiger partial charge in [0.2, 0.25) is 0 Å². The molecule has 0 saturated heterocycles. The lowest BCUT2D eigenvalue weighted by molar-refractivity contribution is 0.399. The highest BCUT2D eigenvalue weighted by atomic mass is 16.3. The molecular formula is C10H11NO. The molecular weight excluding hydrogens is 150 g/mol. The third-order valence-corrected chi connectivity index (χ3v) is 2.16. The Morgan fingerprint density at radius 2 is 2.17 bits per heavy atom. The molecule has 0 aliphatic heterocycles. The van der Waals surface area contributed by atoms with E-state index >= 15 is 0 Å². The predicted molar refractivity (Wildman–Crippen MR) is 47.6 cm³/mol. The molecule has 0 aromatic carbocycles. The summed E-state index contributed by atoms with van der Waals surface area (Å²) in [6.45, 7) is 0. The summed E-state index contributed by atoms with van der Waals surface area (Å²) in [5, 5.41) is 9.48. The molecule has 12 heavy (non-hydrogen) atoms. The monoisotopic (exact) mass is 161 g/mol. The summed E-state index contributed by atoms with van der Waals surface area (Å²) in [5.41, 5.74) is 1.95. The number of pyridine rings is 1. The molecule has 1 aromatic rings. The van der Waals surface area contributed by atoms with Gasteiger partial charge in [0.25, 0.3) is 0 Å². The molecule has 0 radical (unpaired) electrons. The zero-order valence-corrected chi connectivity index (χ0v) is 6.83. The summed E-state index contributed by atoms with van der Waals surface area (Å²) in [7, 11) is 0. The van der Waals surface area contributed by atoms with E-state index in [1.807, 2.05) is 18.2 Å². The van der Waals surface area contributed by atoms with E-state index in [1.165, 1.54) is 0 Å². The molecule has 2 rings (SSSR count). The van der Waals surface area contributed by atoms with Gasteiger partial charge in [-0.15, -0.1) is 0 Å². The van der Waals surface area contributed by atoms with Gasteiger partial charge in [-0.25, -0.2) is 0 Å². The Balaban J connectivity index is 2.37. The largest absolute Gasteiger partial charge is 0.512 e. The Morgan fingerprint density at radius 3 is 2.75 bits per heavy atom. The molecule has 1 aliphatic carbocycles. The number of hydrogen-bond donors (Lipinski definition) is 1. The molecule has 2 heteroatoms. The summed E-state index contributed by atoms with van der Waals surface area (Å²) in [5.74, 6) is 0.522. The zero-order chi connectivity index (χ0) is 8.39. The average Bonchev–Trinajstić information content (AvgIpc) is 2.53. The Hall–Kier alpha value is -1.31. The van der Waals surface area contributed by atoms with E-state index in [-0.39, 0.29) is 0 Å². The van der Waals surface area contributed by atoms with Gasteiger partial charge >= 0.3 is 0 Å². The predicted octanol–water partition coefficient (Wildman–Crippen LogP) is 2.53. The van der Waals surface area contributed by atoms with Crippen molar-refractivity contribution in [3.63, 3.8) is 0 Å². The van der Waals surface area contributed by atoms with Crippen LogP contribution in [0.5, 0.6) is 0 Å².